The zero-order valence-electron chi connectivity index (χ0n) is 27.4. The van der Waals surface area contributed by atoms with Crippen molar-refractivity contribution >= 4 is 65.1 Å². The standard InChI is InChI=1S/C18H30IN3O4Si.C12H16IN3O4/c1-7-8-24-13-9-15(22-10-12(19)16(20)21-17(22)23)26-14(13)11-25-27(5,6)18(2,3)4;1-2-3-19-8-4-10(20-9(8)6-17)16-5-7(13)11(14)15-12(16)18/h7,10,13-15H,1,8-9,11H2,2-6H3,(H2,20,21,23);2,5,8-10,17H,1,3-4,6H2,(H2,14,15,18). The Labute approximate surface area is 303 Å². The molecule has 2 fully saturated rings. The van der Waals surface area contributed by atoms with Gasteiger partial charge >= 0.3 is 11.4 Å². The molecule has 4 rings (SSSR count). The van der Waals surface area contributed by atoms with E-state index in [1.165, 1.54) is 9.13 Å². The van der Waals surface area contributed by atoms with Crippen LogP contribution >= 0.6 is 45.2 Å². The van der Waals surface area contributed by atoms with E-state index < -0.39 is 38.3 Å². The minimum Gasteiger partial charge on any atom is -0.414 e. The molecule has 262 valence electrons. The second-order valence-corrected chi connectivity index (χ2v) is 19.8. The molecule has 0 bridgehead atoms. The highest BCUT2D eigenvalue weighted by molar-refractivity contribution is 14.1. The Morgan fingerprint density at radius 2 is 1.36 bits per heavy atom. The smallest absolute Gasteiger partial charge is 0.351 e. The fourth-order valence-corrected chi connectivity index (χ4v) is 6.48. The lowest BCUT2D eigenvalue weighted by molar-refractivity contribution is -0.0581. The van der Waals surface area contributed by atoms with E-state index in [4.69, 9.17) is 34.8 Å². The number of halogens is 2. The number of hydrogen-bond acceptors (Lipinski definition) is 12. The van der Waals surface area contributed by atoms with Gasteiger partial charge in [-0.15, -0.1) is 13.2 Å². The van der Waals surface area contributed by atoms with Gasteiger partial charge in [0.1, 0.15) is 36.3 Å². The Bertz CT molecular complexity index is 1500. The molecule has 0 amide bonds. The van der Waals surface area contributed by atoms with Gasteiger partial charge in [-0.25, -0.2) is 9.59 Å². The number of aliphatic hydroxyl groups is 1. The highest BCUT2D eigenvalue weighted by Crippen LogP contribution is 2.38. The lowest BCUT2D eigenvalue weighted by Gasteiger charge is -2.37. The van der Waals surface area contributed by atoms with Crippen LogP contribution in [-0.2, 0) is 23.4 Å². The summed E-state index contributed by atoms with van der Waals surface area (Å²) in [6, 6.07) is 0. The Balaban J connectivity index is 0.000000267. The summed E-state index contributed by atoms with van der Waals surface area (Å²) in [5, 5.41) is 9.42. The van der Waals surface area contributed by atoms with Crippen molar-refractivity contribution in [1.82, 2.24) is 19.1 Å². The van der Waals surface area contributed by atoms with Crippen LogP contribution in [0.1, 0.15) is 46.1 Å². The van der Waals surface area contributed by atoms with Gasteiger partial charge < -0.3 is 39.9 Å². The first-order valence-corrected chi connectivity index (χ1v) is 20.2. The monoisotopic (exact) mass is 900 g/mol. The summed E-state index contributed by atoms with van der Waals surface area (Å²) >= 11 is 4.05. The van der Waals surface area contributed by atoms with Gasteiger partial charge in [-0.2, -0.15) is 9.97 Å². The number of nitrogens with zero attached hydrogens (tertiary/aromatic N) is 4. The van der Waals surface area contributed by atoms with Gasteiger partial charge in [0, 0.05) is 25.2 Å². The van der Waals surface area contributed by atoms with E-state index in [2.05, 4.69) is 79.6 Å². The minimum absolute atomic E-state index is 0.108. The number of nitrogen functional groups attached to an aromatic ring is 2. The van der Waals surface area contributed by atoms with Crippen LogP contribution < -0.4 is 22.8 Å². The number of aliphatic hydroxyl groups excluding tert-OH is 1. The summed E-state index contributed by atoms with van der Waals surface area (Å²) in [6.07, 6.45) is 5.44. The average molecular weight is 901 g/mol. The molecular formula is C30H46I2N6O8Si. The SMILES string of the molecule is C=CCOC1CC(n2cc(I)c(N)nc2=O)OC1CO.C=CCOC1CC(n2cc(I)c(N)nc2=O)OC1CO[Si](C)(C)C(C)(C)C. The second-order valence-electron chi connectivity index (χ2n) is 12.6. The van der Waals surface area contributed by atoms with E-state index in [1.54, 1.807) is 24.5 Å². The molecular weight excluding hydrogens is 854 g/mol. The van der Waals surface area contributed by atoms with Gasteiger partial charge in [0.25, 0.3) is 0 Å². The summed E-state index contributed by atoms with van der Waals surface area (Å²) in [5.41, 5.74) is 10.4. The van der Waals surface area contributed by atoms with Crippen molar-refractivity contribution in [3.8, 4) is 0 Å². The molecule has 0 saturated carbocycles. The van der Waals surface area contributed by atoms with Gasteiger partial charge in [0.2, 0.25) is 0 Å². The molecule has 47 heavy (non-hydrogen) atoms. The van der Waals surface area contributed by atoms with Crippen LogP contribution in [0.2, 0.25) is 18.1 Å². The number of rotatable bonds is 12. The molecule has 6 unspecified atom stereocenters. The molecule has 2 aliphatic heterocycles. The first kappa shape index (κ1) is 39.7. The Morgan fingerprint density at radius 1 is 0.936 bits per heavy atom. The predicted octanol–water partition coefficient (Wildman–Crippen LogP) is 3.59. The molecule has 0 aliphatic carbocycles. The van der Waals surface area contributed by atoms with Crippen LogP contribution in [0.4, 0.5) is 11.6 Å². The molecule has 6 atom stereocenters. The first-order chi connectivity index (χ1) is 22.0. The maximum absolute atomic E-state index is 12.3. The van der Waals surface area contributed by atoms with E-state index in [9.17, 15) is 14.7 Å². The normalized spacial score (nSPS) is 24.5. The van der Waals surface area contributed by atoms with Crippen molar-refractivity contribution < 1.29 is 28.5 Å². The van der Waals surface area contributed by atoms with E-state index >= 15 is 0 Å². The van der Waals surface area contributed by atoms with Crippen molar-refractivity contribution in [3.63, 3.8) is 0 Å². The molecule has 2 aliphatic rings. The van der Waals surface area contributed by atoms with E-state index in [1.807, 2.05) is 22.6 Å². The summed E-state index contributed by atoms with van der Waals surface area (Å²) in [5.74, 6) is 0.426. The maximum Gasteiger partial charge on any atom is 0.351 e. The average Bonchev–Trinajstić information content (AvgIpc) is 3.61. The molecule has 0 spiro atoms. The van der Waals surface area contributed by atoms with Gasteiger partial charge in [-0.1, -0.05) is 32.9 Å². The molecule has 4 heterocycles. The molecule has 2 aromatic rings. The first-order valence-electron chi connectivity index (χ1n) is 15.1. The van der Waals surface area contributed by atoms with Crippen LogP contribution in [0, 0.1) is 7.14 Å². The van der Waals surface area contributed by atoms with Crippen molar-refractivity contribution in [2.75, 3.05) is 37.9 Å². The zero-order chi connectivity index (χ0) is 35.1. The third kappa shape index (κ3) is 10.4. The van der Waals surface area contributed by atoms with Crippen LogP contribution in [0.15, 0.2) is 47.3 Å². The highest BCUT2D eigenvalue weighted by Gasteiger charge is 2.42. The van der Waals surface area contributed by atoms with Crippen LogP contribution in [0.5, 0.6) is 0 Å². The topological polar surface area (TPSA) is 188 Å². The summed E-state index contributed by atoms with van der Waals surface area (Å²) in [6.45, 7) is 19.3. The number of hydrogen-bond donors (Lipinski definition) is 3. The molecule has 2 aromatic heterocycles. The zero-order valence-corrected chi connectivity index (χ0v) is 32.7. The van der Waals surface area contributed by atoms with Crippen molar-refractivity contribution in [2.45, 2.75) is 88.6 Å². The minimum atomic E-state index is -1.92. The Hall–Kier alpha value is -1.72. The maximum atomic E-state index is 12.3. The molecule has 0 radical (unpaired) electrons. The van der Waals surface area contributed by atoms with Crippen LogP contribution in [0.3, 0.4) is 0 Å². The third-order valence-corrected chi connectivity index (χ3v) is 14.5. The number of aromatic nitrogens is 4. The van der Waals surface area contributed by atoms with Crippen molar-refractivity contribution in [2.24, 2.45) is 0 Å². The lowest BCUT2D eigenvalue weighted by atomic mass is 10.2. The van der Waals surface area contributed by atoms with Crippen LogP contribution in [0.25, 0.3) is 0 Å². The van der Waals surface area contributed by atoms with E-state index in [-0.39, 0.29) is 41.6 Å². The third-order valence-electron chi connectivity index (χ3n) is 8.30. The Kier molecular flexibility index (Phi) is 14.6. The molecule has 14 nitrogen and oxygen atoms in total. The number of nitrogens with two attached hydrogens (primary N) is 2. The van der Waals surface area contributed by atoms with Gasteiger partial charge in [0.05, 0.1) is 45.8 Å². The summed E-state index contributed by atoms with van der Waals surface area (Å²) < 4.78 is 33.8. The fraction of sp³-hybridized carbons (Fsp3) is 0.600. The summed E-state index contributed by atoms with van der Waals surface area (Å²) in [7, 11) is -1.92. The molecule has 2 saturated heterocycles. The lowest BCUT2D eigenvalue weighted by Crippen LogP contribution is -2.44. The molecule has 17 heteroatoms. The van der Waals surface area contributed by atoms with E-state index in [0.717, 1.165) is 0 Å². The van der Waals surface area contributed by atoms with Crippen molar-refractivity contribution in [3.05, 3.63) is 65.8 Å². The highest BCUT2D eigenvalue weighted by atomic mass is 127. The van der Waals surface area contributed by atoms with Gasteiger partial charge in [-0.05, 0) is 63.3 Å². The quantitative estimate of drug-likeness (QED) is 0.160. The number of ether oxygens (including phenoxy) is 4. The van der Waals surface area contributed by atoms with Gasteiger partial charge in [0.15, 0.2) is 8.32 Å². The predicted molar refractivity (Wildman–Crippen MR) is 198 cm³/mol. The largest absolute Gasteiger partial charge is 0.414 e. The van der Waals surface area contributed by atoms with E-state index in [0.29, 0.717) is 39.8 Å². The fourth-order valence-electron chi connectivity index (χ4n) is 4.63. The number of anilines is 2. The van der Waals surface area contributed by atoms with Crippen LogP contribution in [-0.4, -0.2) is 83.4 Å². The Morgan fingerprint density at radius 3 is 1.77 bits per heavy atom. The molecule has 5 N–H and O–H groups in total. The molecule has 0 aromatic carbocycles. The van der Waals surface area contributed by atoms with Crippen molar-refractivity contribution in [1.29, 1.82) is 0 Å². The van der Waals surface area contributed by atoms with Gasteiger partial charge in [-0.3, -0.25) is 9.13 Å². The second kappa shape index (κ2) is 17.3. The summed E-state index contributed by atoms with van der Waals surface area (Å²) in [4.78, 5) is 31.7.